The molecule has 68 heavy (non-hydrogen) atoms. The van der Waals surface area contributed by atoms with Gasteiger partial charge in [-0.2, -0.15) is 5.10 Å². The molecule has 8 aromatic rings. The fourth-order valence-electron chi connectivity index (χ4n) is 8.73. The van der Waals surface area contributed by atoms with Crippen LogP contribution >= 0.6 is 11.6 Å². The second-order valence-electron chi connectivity index (χ2n) is 16.4. The molecular formula is C55H55ClN8O4. The molecule has 13 heteroatoms. The lowest BCUT2D eigenvalue weighted by Gasteiger charge is -2.37. The number of halogens is 1. The zero-order valence-corrected chi connectivity index (χ0v) is 39.2. The van der Waals surface area contributed by atoms with E-state index in [0.717, 1.165) is 61.3 Å². The molecule has 0 aliphatic carbocycles. The first kappa shape index (κ1) is 48.4. The molecule has 0 radical (unpaired) electrons. The van der Waals surface area contributed by atoms with Crippen molar-refractivity contribution in [1.29, 1.82) is 0 Å². The van der Waals surface area contributed by atoms with Crippen LogP contribution in [-0.2, 0) is 36.5 Å². The van der Waals surface area contributed by atoms with E-state index in [2.05, 4.69) is 62.0 Å². The Morgan fingerprint density at radius 3 is 1.63 bits per heavy atom. The molecule has 6 N–H and O–H groups in total. The van der Waals surface area contributed by atoms with Crippen molar-refractivity contribution >= 4 is 40.2 Å². The predicted molar refractivity (Wildman–Crippen MR) is 268 cm³/mol. The molecule has 3 aromatic heterocycles. The van der Waals surface area contributed by atoms with E-state index in [1.807, 2.05) is 160 Å². The number of amides is 3. The summed E-state index contributed by atoms with van der Waals surface area (Å²) in [6, 6.07) is 53.7. The van der Waals surface area contributed by atoms with Crippen LogP contribution in [0.15, 0.2) is 169 Å². The zero-order chi connectivity index (χ0) is 48.2. The molecule has 2 atom stereocenters. The Morgan fingerprint density at radius 1 is 0.691 bits per heavy atom. The Bertz CT molecular complexity index is 2890. The van der Waals surface area contributed by atoms with Crippen molar-refractivity contribution in [3.05, 3.63) is 231 Å². The Labute approximate surface area is 401 Å². The van der Waals surface area contributed by atoms with Crippen molar-refractivity contribution in [1.82, 2.24) is 30.4 Å². The number of nitrogens with one attached hydrogen (secondary N) is 2. The first-order valence-electron chi connectivity index (χ1n) is 22.4. The number of primary amides is 1. The number of aliphatic hydroxyl groups is 2. The van der Waals surface area contributed by atoms with E-state index in [9.17, 15) is 19.8 Å². The number of rotatable bonds is 12. The number of benzene rings is 5. The number of aliphatic imine (C=N–C) groups is 1. The van der Waals surface area contributed by atoms with Crippen LogP contribution in [0.25, 0.3) is 10.9 Å². The average molecular weight is 928 g/mol. The third-order valence-corrected chi connectivity index (χ3v) is 12.0. The minimum absolute atomic E-state index is 0.0244. The van der Waals surface area contributed by atoms with Crippen LogP contribution in [0.1, 0.15) is 94.6 Å². The first-order chi connectivity index (χ1) is 32.9. The molecule has 0 saturated heterocycles. The van der Waals surface area contributed by atoms with Crippen molar-refractivity contribution in [3.63, 3.8) is 0 Å². The van der Waals surface area contributed by atoms with Gasteiger partial charge in [0.2, 0.25) is 5.91 Å². The van der Waals surface area contributed by atoms with E-state index in [1.165, 1.54) is 0 Å². The van der Waals surface area contributed by atoms with Crippen LogP contribution < -0.4 is 16.4 Å². The molecule has 1 aliphatic heterocycles. The lowest BCUT2D eigenvalue weighted by molar-refractivity contribution is -0.121. The second-order valence-corrected chi connectivity index (χ2v) is 16.8. The Kier molecular flexibility index (Phi) is 15.9. The Morgan fingerprint density at radius 2 is 1.16 bits per heavy atom. The fraction of sp³-hybridized carbons (Fsp3) is 0.200. The molecule has 0 saturated carbocycles. The van der Waals surface area contributed by atoms with E-state index >= 15 is 0 Å². The molecule has 0 unspecified atom stereocenters. The number of aromatic nitrogens is 4. The first-order valence-corrected chi connectivity index (χ1v) is 22.7. The summed E-state index contributed by atoms with van der Waals surface area (Å²) in [6.45, 7) is 7.94. The van der Waals surface area contributed by atoms with Gasteiger partial charge in [-0.3, -0.25) is 14.8 Å². The molecular weight excluding hydrogens is 872 g/mol. The highest BCUT2D eigenvalue weighted by molar-refractivity contribution is 6.30. The van der Waals surface area contributed by atoms with Gasteiger partial charge in [-0.15, -0.1) is 0 Å². The third kappa shape index (κ3) is 10.8. The van der Waals surface area contributed by atoms with Gasteiger partial charge < -0.3 is 26.6 Å². The van der Waals surface area contributed by atoms with Crippen molar-refractivity contribution in [2.24, 2.45) is 10.7 Å². The largest absolute Gasteiger partial charge is 0.390 e. The highest BCUT2D eigenvalue weighted by atomic mass is 35.5. The predicted octanol–water partition coefficient (Wildman–Crippen LogP) is 9.46. The summed E-state index contributed by atoms with van der Waals surface area (Å²) >= 11 is 6.41. The van der Waals surface area contributed by atoms with Crippen LogP contribution in [0, 0.1) is 6.92 Å². The molecule has 0 bridgehead atoms. The summed E-state index contributed by atoms with van der Waals surface area (Å²) in [5.41, 5.74) is 15.8. The normalized spacial score (nSPS) is 12.6. The minimum atomic E-state index is -0.756. The number of nitrogens with two attached hydrogens (primary N) is 1. The monoisotopic (exact) mass is 926 g/mol. The van der Waals surface area contributed by atoms with Crippen molar-refractivity contribution in [3.8, 4) is 0 Å². The summed E-state index contributed by atoms with van der Waals surface area (Å²) in [5, 5.41) is 31.3. The Balaban J connectivity index is 0.000000167. The van der Waals surface area contributed by atoms with Gasteiger partial charge in [0, 0.05) is 22.7 Å². The fourth-order valence-corrected chi connectivity index (χ4v) is 8.94. The zero-order valence-electron chi connectivity index (χ0n) is 38.5. The van der Waals surface area contributed by atoms with Crippen LogP contribution in [0.2, 0.25) is 5.15 Å². The summed E-state index contributed by atoms with van der Waals surface area (Å²) < 4.78 is 2.03. The summed E-state index contributed by atoms with van der Waals surface area (Å²) in [7, 11) is 0. The van der Waals surface area contributed by atoms with Gasteiger partial charge in [0.05, 0.1) is 66.6 Å². The number of pyridine rings is 2. The van der Waals surface area contributed by atoms with E-state index < -0.39 is 11.6 Å². The summed E-state index contributed by atoms with van der Waals surface area (Å²) in [4.78, 5) is 36.0. The highest BCUT2D eigenvalue weighted by Crippen LogP contribution is 2.43. The van der Waals surface area contributed by atoms with Gasteiger partial charge in [-0.05, 0) is 67.1 Å². The number of carbonyl (C=O) groups excluding carboxylic acids is 2. The third-order valence-electron chi connectivity index (χ3n) is 11.8. The number of nitrogens with zero attached hydrogens (tertiary/aromatic N) is 5. The van der Waals surface area contributed by atoms with Gasteiger partial charge >= 0.3 is 6.03 Å². The van der Waals surface area contributed by atoms with Gasteiger partial charge in [0.15, 0.2) is 0 Å². The maximum atomic E-state index is 12.3. The van der Waals surface area contributed by atoms with Crippen molar-refractivity contribution in [2.75, 3.05) is 0 Å². The van der Waals surface area contributed by atoms with Crippen molar-refractivity contribution < 1.29 is 19.8 Å². The lowest BCUT2D eigenvalue weighted by atomic mass is 9.77. The number of aliphatic hydroxyl groups excluding tert-OH is 2. The van der Waals surface area contributed by atoms with E-state index in [1.54, 1.807) is 0 Å². The van der Waals surface area contributed by atoms with Crippen molar-refractivity contribution in [2.45, 2.75) is 71.5 Å². The molecule has 12 nitrogen and oxygen atoms in total. The molecule has 0 fully saturated rings. The topological polar surface area (TPSA) is 181 Å². The second kappa shape index (κ2) is 22.3. The smallest absolute Gasteiger partial charge is 0.312 e. The SMILES string of the molecule is CC1=NCc2cc(CC(=O)N[C@H](C)c3ccccc3)nc(CO)c21.C[C@@H](NC(N)=O)c1ccccc1.Cc1nn(C(c2ccccc2)(c2ccccc2)c2ccccc2)c2cc(Cl)nc(CO)c12. The van der Waals surface area contributed by atoms with Crippen LogP contribution in [0.4, 0.5) is 4.79 Å². The average Bonchev–Trinajstić information content (AvgIpc) is 3.91. The van der Waals surface area contributed by atoms with Gasteiger partial charge in [0.1, 0.15) is 10.7 Å². The number of carbonyl (C=O) groups is 2. The quantitative estimate of drug-likeness (QED) is 0.0598. The number of fused-ring (bicyclic) bond motifs is 2. The maximum Gasteiger partial charge on any atom is 0.312 e. The maximum absolute atomic E-state index is 12.3. The summed E-state index contributed by atoms with van der Waals surface area (Å²) in [6.07, 6.45) is 0.191. The molecule has 9 rings (SSSR count). The molecule has 346 valence electrons. The number of hydrogen-bond acceptors (Lipinski definition) is 8. The van der Waals surface area contributed by atoms with Crippen LogP contribution in [0.5, 0.6) is 0 Å². The summed E-state index contributed by atoms with van der Waals surface area (Å²) in [5.74, 6) is -0.0849. The lowest BCUT2D eigenvalue weighted by Crippen LogP contribution is -2.38. The molecule has 0 spiro atoms. The standard InChI is InChI=1S/C27H22ClN3O.C19H21N3O2.C9H12N2O/c1-19-26-23(18-32)29-25(28)17-24(26)31(30-19)27(20-11-5-2-6-12-20,21-13-7-3-8-14-21)22-15-9-4-10-16-22;1-12(14-6-4-3-5-7-14)21-18(24)9-16-8-15-10-20-13(2)19(15)17(11-23)22-16;1-7(11-9(10)12)8-5-3-2-4-6-8/h2-17,32H,18H2,1H3;3-8,12,23H,9-11H2,1-2H3,(H,21,24);2-7H,1H3,(H3,10,11,12)/t;12-;7-/m.11/s1. The number of hydrogen-bond donors (Lipinski definition) is 5. The van der Waals surface area contributed by atoms with E-state index in [4.69, 9.17) is 22.4 Å². The van der Waals surface area contributed by atoms with Gasteiger partial charge in [0.25, 0.3) is 0 Å². The number of aryl methyl sites for hydroxylation is 1. The van der Waals surface area contributed by atoms with Crippen LogP contribution in [-0.4, -0.2) is 47.6 Å². The molecule has 3 amide bonds. The van der Waals surface area contributed by atoms with E-state index in [0.29, 0.717) is 28.8 Å². The minimum Gasteiger partial charge on any atom is -0.390 e. The molecule has 5 aromatic carbocycles. The Hall–Kier alpha value is -7.51. The number of urea groups is 1. The van der Waals surface area contributed by atoms with Gasteiger partial charge in [-0.1, -0.05) is 163 Å². The molecule has 4 heterocycles. The van der Waals surface area contributed by atoms with Gasteiger partial charge in [-0.25, -0.2) is 14.5 Å². The highest BCUT2D eigenvalue weighted by Gasteiger charge is 2.41. The van der Waals surface area contributed by atoms with E-state index in [-0.39, 0.29) is 37.6 Å². The molecule has 1 aliphatic rings. The van der Waals surface area contributed by atoms with Crippen LogP contribution in [0.3, 0.4) is 0 Å².